The molecule has 1 amide bonds. The number of nitrogens with two attached hydrogens (primary N) is 1. The van der Waals surface area contributed by atoms with E-state index in [1.807, 2.05) is 0 Å². The summed E-state index contributed by atoms with van der Waals surface area (Å²) in [5.41, 5.74) is 6.35. The first-order chi connectivity index (χ1) is 12.8. The SMILES string of the molecule is NC(=O)[C@H]1CN(S(=O)(=O)c2ccc(CCC(=O)O)cc2)c2ccccc2O1. The van der Waals surface area contributed by atoms with Crippen LogP contribution in [-0.4, -0.2) is 38.0 Å². The summed E-state index contributed by atoms with van der Waals surface area (Å²) in [6.07, 6.45) is -0.826. The summed E-state index contributed by atoms with van der Waals surface area (Å²) in [5, 5.41) is 8.74. The Morgan fingerprint density at radius 2 is 1.81 bits per heavy atom. The molecule has 0 radical (unpaired) electrons. The topological polar surface area (TPSA) is 127 Å². The van der Waals surface area contributed by atoms with Crippen LogP contribution in [-0.2, 0) is 26.0 Å². The number of hydrogen-bond donors (Lipinski definition) is 2. The number of ether oxygens (including phenoxy) is 1. The highest BCUT2D eigenvalue weighted by Gasteiger charge is 2.36. The van der Waals surface area contributed by atoms with Crippen LogP contribution in [0.3, 0.4) is 0 Å². The third kappa shape index (κ3) is 3.87. The van der Waals surface area contributed by atoms with Crippen LogP contribution in [0.5, 0.6) is 5.75 Å². The molecule has 0 aromatic heterocycles. The number of hydrogen-bond acceptors (Lipinski definition) is 5. The number of primary amides is 1. The van der Waals surface area contributed by atoms with Crippen molar-refractivity contribution in [3.8, 4) is 5.75 Å². The summed E-state index contributed by atoms with van der Waals surface area (Å²) in [6, 6.07) is 12.5. The third-order valence-electron chi connectivity index (χ3n) is 4.19. The van der Waals surface area contributed by atoms with Crippen molar-refractivity contribution in [2.75, 3.05) is 10.8 Å². The predicted molar refractivity (Wildman–Crippen MR) is 97.0 cm³/mol. The summed E-state index contributed by atoms with van der Waals surface area (Å²) < 4.78 is 32.8. The maximum atomic E-state index is 13.1. The summed E-state index contributed by atoms with van der Waals surface area (Å²) in [7, 11) is -3.96. The zero-order valence-electron chi connectivity index (χ0n) is 14.2. The fourth-order valence-corrected chi connectivity index (χ4v) is 4.26. The van der Waals surface area contributed by atoms with Crippen LogP contribution >= 0.6 is 0 Å². The molecule has 1 aliphatic heterocycles. The number of anilines is 1. The Hall–Kier alpha value is -3.07. The molecule has 2 aromatic rings. The Kier molecular flexibility index (Phi) is 5.04. The van der Waals surface area contributed by atoms with Crippen molar-refractivity contribution >= 4 is 27.6 Å². The van der Waals surface area contributed by atoms with Gasteiger partial charge in [-0.2, -0.15) is 0 Å². The number of carbonyl (C=O) groups is 2. The molecule has 27 heavy (non-hydrogen) atoms. The molecule has 0 fully saturated rings. The number of carboxylic acid groups (broad SMARTS) is 1. The molecule has 8 nitrogen and oxygen atoms in total. The number of benzene rings is 2. The fourth-order valence-electron chi connectivity index (χ4n) is 2.78. The Balaban J connectivity index is 1.94. The molecular weight excluding hydrogens is 372 g/mol. The summed E-state index contributed by atoms with van der Waals surface area (Å²) in [5.74, 6) is -1.42. The van der Waals surface area contributed by atoms with Crippen molar-refractivity contribution < 1.29 is 27.9 Å². The highest BCUT2D eigenvalue weighted by molar-refractivity contribution is 7.92. The lowest BCUT2D eigenvalue weighted by molar-refractivity contribution is -0.137. The lowest BCUT2D eigenvalue weighted by Gasteiger charge is -2.34. The molecule has 9 heteroatoms. The van der Waals surface area contributed by atoms with Gasteiger partial charge in [-0.05, 0) is 36.2 Å². The number of carboxylic acids is 1. The van der Waals surface area contributed by atoms with Crippen molar-refractivity contribution in [3.05, 3.63) is 54.1 Å². The summed E-state index contributed by atoms with van der Waals surface area (Å²) in [4.78, 5) is 22.3. The Bertz CT molecular complexity index is 972. The Morgan fingerprint density at radius 1 is 1.15 bits per heavy atom. The number of para-hydroxylation sites is 2. The number of nitrogens with zero attached hydrogens (tertiary/aromatic N) is 1. The molecule has 0 spiro atoms. The number of amides is 1. The van der Waals surface area contributed by atoms with Gasteiger partial charge in [0.05, 0.1) is 17.1 Å². The summed E-state index contributed by atoms with van der Waals surface area (Å²) >= 11 is 0. The minimum absolute atomic E-state index is 0.0292. The number of aryl methyl sites for hydroxylation is 1. The molecule has 0 saturated heterocycles. The minimum Gasteiger partial charge on any atom is -0.481 e. The first-order valence-electron chi connectivity index (χ1n) is 8.17. The minimum atomic E-state index is -3.96. The quantitative estimate of drug-likeness (QED) is 0.762. The molecular formula is C18H18N2O6S. The lowest BCUT2D eigenvalue weighted by Crippen LogP contribution is -2.49. The van der Waals surface area contributed by atoms with E-state index >= 15 is 0 Å². The van der Waals surface area contributed by atoms with Gasteiger partial charge in [0.25, 0.3) is 15.9 Å². The number of fused-ring (bicyclic) bond motifs is 1. The monoisotopic (exact) mass is 390 g/mol. The molecule has 3 N–H and O–H groups in total. The van der Waals surface area contributed by atoms with Gasteiger partial charge in [0.15, 0.2) is 6.10 Å². The van der Waals surface area contributed by atoms with Crippen molar-refractivity contribution in [1.82, 2.24) is 0 Å². The molecule has 1 aliphatic rings. The van der Waals surface area contributed by atoms with Crippen LogP contribution in [0.15, 0.2) is 53.4 Å². The van der Waals surface area contributed by atoms with E-state index in [9.17, 15) is 18.0 Å². The van der Waals surface area contributed by atoms with Gasteiger partial charge >= 0.3 is 5.97 Å². The van der Waals surface area contributed by atoms with Crippen molar-refractivity contribution in [2.45, 2.75) is 23.8 Å². The van der Waals surface area contributed by atoms with Gasteiger partial charge in [-0.1, -0.05) is 24.3 Å². The van der Waals surface area contributed by atoms with Crippen LogP contribution in [0.2, 0.25) is 0 Å². The van der Waals surface area contributed by atoms with Crippen LogP contribution < -0.4 is 14.8 Å². The molecule has 0 bridgehead atoms. The van der Waals surface area contributed by atoms with E-state index in [0.717, 1.165) is 4.31 Å². The largest absolute Gasteiger partial charge is 0.481 e. The summed E-state index contributed by atoms with van der Waals surface area (Å²) in [6.45, 7) is -0.227. The van der Waals surface area contributed by atoms with Gasteiger partial charge in [-0.3, -0.25) is 13.9 Å². The standard InChI is InChI=1S/C18H18N2O6S/c19-18(23)16-11-20(14-3-1-2-4-15(14)26-16)27(24,25)13-8-5-12(6-9-13)7-10-17(21)22/h1-6,8-9,16H,7,10-11H2,(H2,19,23)(H,21,22)/t16-/m1/s1. The van der Waals surface area contributed by atoms with Crippen molar-refractivity contribution in [2.24, 2.45) is 5.73 Å². The van der Waals surface area contributed by atoms with Gasteiger partial charge in [-0.15, -0.1) is 0 Å². The van der Waals surface area contributed by atoms with Crippen LogP contribution in [0.25, 0.3) is 0 Å². The average Bonchev–Trinajstić information content (AvgIpc) is 2.65. The van der Waals surface area contributed by atoms with E-state index < -0.39 is 28.0 Å². The lowest BCUT2D eigenvalue weighted by atomic mass is 10.1. The van der Waals surface area contributed by atoms with Crippen LogP contribution in [0, 0.1) is 0 Å². The smallest absolute Gasteiger partial charge is 0.303 e. The zero-order chi connectivity index (χ0) is 19.6. The second kappa shape index (κ2) is 7.28. The maximum absolute atomic E-state index is 13.1. The van der Waals surface area contributed by atoms with Crippen molar-refractivity contribution in [1.29, 1.82) is 0 Å². The van der Waals surface area contributed by atoms with Gasteiger partial charge < -0.3 is 15.6 Å². The van der Waals surface area contributed by atoms with Gasteiger partial charge in [0, 0.05) is 6.42 Å². The average molecular weight is 390 g/mol. The molecule has 0 saturated carbocycles. The fraction of sp³-hybridized carbons (Fsp3) is 0.222. The first kappa shape index (κ1) is 18.7. The van der Waals surface area contributed by atoms with E-state index in [1.54, 1.807) is 36.4 Å². The number of sulfonamides is 1. The highest BCUT2D eigenvalue weighted by atomic mass is 32.2. The normalized spacial score (nSPS) is 16.3. The van der Waals surface area contributed by atoms with Crippen LogP contribution in [0.4, 0.5) is 5.69 Å². The van der Waals surface area contributed by atoms with Gasteiger partial charge in [-0.25, -0.2) is 8.42 Å². The highest BCUT2D eigenvalue weighted by Crippen LogP contribution is 2.36. The van der Waals surface area contributed by atoms with Gasteiger partial charge in [0.1, 0.15) is 5.75 Å². The third-order valence-corrected chi connectivity index (χ3v) is 5.98. The molecule has 1 heterocycles. The van der Waals surface area contributed by atoms with Crippen molar-refractivity contribution in [3.63, 3.8) is 0 Å². The number of carbonyl (C=O) groups excluding carboxylic acids is 1. The maximum Gasteiger partial charge on any atom is 0.303 e. The zero-order valence-corrected chi connectivity index (χ0v) is 15.1. The predicted octanol–water partition coefficient (Wildman–Crippen LogP) is 1.15. The van der Waals surface area contributed by atoms with E-state index in [-0.39, 0.29) is 23.6 Å². The van der Waals surface area contributed by atoms with E-state index in [0.29, 0.717) is 17.7 Å². The van der Waals surface area contributed by atoms with E-state index in [1.165, 1.54) is 12.1 Å². The first-order valence-corrected chi connectivity index (χ1v) is 9.61. The molecule has 142 valence electrons. The van der Waals surface area contributed by atoms with E-state index in [4.69, 9.17) is 15.6 Å². The molecule has 0 unspecified atom stereocenters. The van der Waals surface area contributed by atoms with Gasteiger partial charge in [0.2, 0.25) is 0 Å². The number of rotatable bonds is 6. The molecule has 2 aromatic carbocycles. The molecule has 0 aliphatic carbocycles. The molecule has 1 atom stereocenters. The Morgan fingerprint density at radius 3 is 2.44 bits per heavy atom. The second-order valence-corrected chi connectivity index (χ2v) is 7.91. The van der Waals surface area contributed by atoms with Crippen LogP contribution in [0.1, 0.15) is 12.0 Å². The second-order valence-electron chi connectivity index (χ2n) is 6.05. The number of aliphatic carboxylic acids is 1. The Labute approximate surface area is 156 Å². The van der Waals surface area contributed by atoms with E-state index in [2.05, 4.69) is 0 Å². The molecule has 3 rings (SSSR count).